The molecular weight excluding hydrogens is 278 g/mol. The standard InChI is InChI=1S/C12H23N5O4/c1-12(2,3)21-11(19)15-7-8-20-9-10(18)14-5-4-6-16-17-13/h4-9H2,1-3H3,(H,14,18)(H,15,19). The Morgan fingerprint density at radius 1 is 1.24 bits per heavy atom. The van der Waals surface area contributed by atoms with E-state index in [1.54, 1.807) is 20.8 Å². The summed E-state index contributed by atoms with van der Waals surface area (Å²) in [6, 6.07) is 0. The van der Waals surface area contributed by atoms with Gasteiger partial charge in [0.25, 0.3) is 0 Å². The maximum absolute atomic E-state index is 11.3. The number of carbonyl (C=O) groups is 2. The zero-order chi connectivity index (χ0) is 16.1. The fourth-order valence-electron chi connectivity index (χ4n) is 1.18. The van der Waals surface area contributed by atoms with Crippen molar-refractivity contribution in [3.05, 3.63) is 10.4 Å². The van der Waals surface area contributed by atoms with Crippen molar-refractivity contribution < 1.29 is 19.1 Å². The van der Waals surface area contributed by atoms with Crippen LogP contribution in [0.1, 0.15) is 27.2 Å². The molecule has 2 amide bonds. The minimum Gasteiger partial charge on any atom is -0.444 e. The second kappa shape index (κ2) is 10.8. The maximum atomic E-state index is 11.3. The van der Waals surface area contributed by atoms with Gasteiger partial charge in [0.15, 0.2) is 0 Å². The molecule has 21 heavy (non-hydrogen) atoms. The summed E-state index contributed by atoms with van der Waals surface area (Å²) in [5, 5.41) is 8.47. The molecule has 0 bridgehead atoms. The molecular formula is C12H23N5O4. The lowest BCUT2D eigenvalue weighted by molar-refractivity contribution is -0.125. The van der Waals surface area contributed by atoms with Crippen molar-refractivity contribution in [2.45, 2.75) is 32.8 Å². The second-order valence-corrected chi connectivity index (χ2v) is 5.14. The highest BCUT2D eigenvalue weighted by atomic mass is 16.6. The molecule has 120 valence electrons. The number of hydrogen-bond acceptors (Lipinski definition) is 5. The molecule has 0 saturated carbocycles. The van der Waals surface area contributed by atoms with Crippen LogP contribution in [0.15, 0.2) is 5.11 Å². The lowest BCUT2D eigenvalue weighted by Gasteiger charge is -2.19. The van der Waals surface area contributed by atoms with Crippen LogP contribution in [0, 0.1) is 0 Å². The van der Waals surface area contributed by atoms with Crippen molar-refractivity contribution in [2.24, 2.45) is 5.11 Å². The summed E-state index contributed by atoms with van der Waals surface area (Å²) in [6.07, 6.45) is 0.0595. The highest BCUT2D eigenvalue weighted by Gasteiger charge is 2.15. The van der Waals surface area contributed by atoms with Gasteiger partial charge in [0.2, 0.25) is 5.91 Å². The number of hydrogen-bond donors (Lipinski definition) is 2. The van der Waals surface area contributed by atoms with Crippen LogP contribution in [0.4, 0.5) is 4.79 Å². The number of rotatable bonds is 9. The van der Waals surface area contributed by atoms with E-state index >= 15 is 0 Å². The van der Waals surface area contributed by atoms with E-state index in [-0.39, 0.29) is 25.7 Å². The molecule has 0 atom stereocenters. The largest absolute Gasteiger partial charge is 0.444 e. The molecule has 0 aliphatic rings. The molecule has 0 aromatic heterocycles. The van der Waals surface area contributed by atoms with E-state index in [2.05, 4.69) is 20.7 Å². The average Bonchev–Trinajstić information content (AvgIpc) is 2.36. The van der Waals surface area contributed by atoms with Gasteiger partial charge in [-0.05, 0) is 32.7 Å². The van der Waals surface area contributed by atoms with E-state index in [4.69, 9.17) is 15.0 Å². The van der Waals surface area contributed by atoms with Crippen molar-refractivity contribution >= 4 is 12.0 Å². The molecule has 0 unspecified atom stereocenters. The fraction of sp³-hybridized carbons (Fsp3) is 0.833. The molecule has 0 rings (SSSR count). The summed E-state index contributed by atoms with van der Waals surface area (Å²) < 4.78 is 10.1. The number of azide groups is 1. The van der Waals surface area contributed by atoms with Gasteiger partial charge in [-0.3, -0.25) is 4.79 Å². The van der Waals surface area contributed by atoms with Gasteiger partial charge < -0.3 is 20.1 Å². The molecule has 0 heterocycles. The van der Waals surface area contributed by atoms with Crippen molar-refractivity contribution in [3.8, 4) is 0 Å². The molecule has 0 spiro atoms. The predicted octanol–water partition coefficient (Wildman–Crippen LogP) is 1.34. The van der Waals surface area contributed by atoms with Crippen LogP contribution in [-0.2, 0) is 14.3 Å². The van der Waals surface area contributed by atoms with Gasteiger partial charge >= 0.3 is 6.09 Å². The molecule has 0 aromatic carbocycles. The Hall–Kier alpha value is -1.99. The lowest BCUT2D eigenvalue weighted by Crippen LogP contribution is -2.35. The summed E-state index contributed by atoms with van der Waals surface area (Å²) in [5.74, 6) is -0.256. The second-order valence-electron chi connectivity index (χ2n) is 5.14. The van der Waals surface area contributed by atoms with Crippen LogP contribution in [0.2, 0.25) is 0 Å². The third-order valence-corrected chi connectivity index (χ3v) is 1.97. The highest BCUT2D eigenvalue weighted by molar-refractivity contribution is 5.77. The summed E-state index contributed by atoms with van der Waals surface area (Å²) in [7, 11) is 0. The van der Waals surface area contributed by atoms with Gasteiger partial charge in [-0.15, -0.1) is 0 Å². The number of alkyl carbamates (subject to hydrolysis) is 1. The number of amides is 2. The van der Waals surface area contributed by atoms with Gasteiger partial charge in [-0.2, -0.15) is 0 Å². The van der Waals surface area contributed by atoms with E-state index in [1.807, 2.05) is 0 Å². The maximum Gasteiger partial charge on any atom is 0.407 e. The van der Waals surface area contributed by atoms with E-state index in [1.165, 1.54) is 0 Å². The lowest BCUT2D eigenvalue weighted by atomic mass is 10.2. The number of nitrogens with one attached hydrogen (secondary N) is 2. The molecule has 0 aliphatic heterocycles. The number of nitrogens with zero attached hydrogens (tertiary/aromatic N) is 3. The Morgan fingerprint density at radius 3 is 2.57 bits per heavy atom. The molecule has 0 aromatic rings. The van der Waals surface area contributed by atoms with Gasteiger partial charge in [-0.1, -0.05) is 5.11 Å². The Kier molecular flexibility index (Phi) is 9.74. The predicted molar refractivity (Wildman–Crippen MR) is 76.7 cm³/mol. The summed E-state index contributed by atoms with van der Waals surface area (Å²) in [5.41, 5.74) is 7.51. The Labute approximate surface area is 124 Å². The van der Waals surface area contributed by atoms with Gasteiger partial charge in [0.05, 0.1) is 6.61 Å². The van der Waals surface area contributed by atoms with E-state index in [9.17, 15) is 9.59 Å². The van der Waals surface area contributed by atoms with Gasteiger partial charge in [0, 0.05) is 24.5 Å². The van der Waals surface area contributed by atoms with Crippen molar-refractivity contribution in [1.29, 1.82) is 0 Å². The molecule has 0 aliphatic carbocycles. The smallest absolute Gasteiger partial charge is 0.407 e. The number of carbonyl (C=O) groups excluding carboxylic acids is 2. The van der Waals surface area contributed by atoms with Crippen LogP contribution in [0.25, 0.3) is 10.4 Å². The summed E-state index contributed by atoms with van der Waals surface area (Å²) in [6.45, 7) is 6.48. The molecule has 0 saturated heterocycles. The Balaban J connectivity index is 3.47. The third-order valence-electron chi connectivity index (χ3n) is 1.97. The molecule has 0 fully saturated rings. The molecule has 0 radical (unpaired) electrons. The van der Waals surface area contributed by atoms with E-state index in [0.29, 0.717) is 19.5 Å². The van der Waals surface area contributed by atoms with E-state index < -0.39 is 11.7 Å². The molecule has 9 nitrogen and oxygen atoms in total. The third kappa shape index (κ3) is 14.2. The first-order chi connectivity index (χ1) is 9.85. The van der Waals surface area contributed by atoms with Crippen molar-refractivity contribution in [2.75, 3.05) is 32.8 Å². The monoisotopic (exact) mass is 301 g/mol. The van der Waals surface area contributed by atoms with Crippen molar-refractivity contribution in [1.82, 2.24) is 10.6 Å². The zero-order valence-corrected chi connectivity index (χ0v) is 12.7. The molecule has 2 N–H and O–H groups in total. The van der Waals surface area contributed by atoms with Gasteiger partial charge in [-0.25, -0.2) is 4.79 Å². The van der Waals surface area contributed by atoms with E-state index in [0.717, 1.165) is 0 Å². The van der Waals surface area contributed by atoms with Gasteiger partial charge in [0.1, 0.15) is 12.2 Å². The SMILES string of the molecule is CC(C)(C)OC(=O)NCCOCC(=O)NCCCN=[N+]=[N-]. The first-order valence-electron chi connectivity index (χ1n) is 6.67. The molecule has 9 heteroatoms. The minimum absolute atomic E-state index is 0.0858. The van der Waals surface area contributed by atoms with Crippen LogP contribution >= 0.6 is 0 Å². The van der Waals surface area contributed by atoms with Crippen LogP contribution in [-0.4, -0.2) is 50.4 Å². The van der Waals surface area contributed by atoms with Crippen LogP contribution in [0.5, 0.6) is 0 Å². The number of ether oxygens (including phenoxy) is 2. The fourth-order valence-corrected chi connectivity index (χ4v) is 1.18. The first-order valence-corrected chi connectivity index (χ1v) is 6.67. The van der Waals surface area contributed by atoms with Crippen LogP contribution in [0.3, 0.4) is 0 Å². The topological polar surface area (TPSA) is 125 Å². The summed E-state index contributed by atoms with van der Waals surface area (Å²) >= 11 is 0. The first kappa shape index (κ1) is 19.0. The Bertz CT molecular complexity index is 374. The zero-order valence-electron chi connectivity index (χ0n) is 12.7. The Morgan fingerprint density at radius 2 is 1.95 bits per heavy atom. The highest BCUT2D eigenvalue weighted by Crippen LogP contribution is 2.05. The summed E-state index contributed by atoms with van der Waals surface area (Å²) in [4.78, 5) is 25.2. The average molecular weight is 301 g/mol. The van der Waals surface area contributed by atoms with Crippen molar-refractivity contribution in [3.63, 3.8) is 0 Å². The quantitative estimate of drug-likeness (QED) is 0.288. The van der Waals surface area contributed by atoms with Crippen LogP contribution < -0.4 is 10.6 Å². The minimum atomic E-state index is -0.541. The normalized spacial score (nSPS) is 10.4.